The van der Waals surface area contributed by atoms with Gasteiger partial charge in [0.1, 0.15) is 23.7 Å². The molecule has 0 radical (unpaired) electrons. The van der Waals surface area contributed by atoms with Crippen LogP contribution in [-0.2, 0) is 4.74 Å². The van der Waals surface area contributed by atoms with Gasteiger partial charge >= 0.3 is 0 Å². The molecular weight excluding hydrogens is 302 g/mol. The second kappa shape index (κ2) is 4.96. The number of aromatic nitrogens is 4. The van der Waals surface area contributed by atoms with E-state index in [1.54, 1.807) is 0 Å². The van der Waals surface area contributed by atoms with Gasteiger partial charge in [0, 0.05) is 0 Å². The molecule has 5 atom stereocenters. The normalized spacial score (nSPS) is 30.9. The minimum atomic E-state index is -1.35. The summed E-state index contributed by atoms with van der Waals surface area (Å²) < 4.78 is 6.65. The van der Waals surface area contributed by atoms with Crippen LogP contribution in [0.4, 0.5) is 5.95 Å². The van der Waals surface area contributed by atoms with Gasteiger partial charge in [-0.3, -0.25) is 14.3 Å². The van der Waals surface area contributed by atoms with Crippen molar-refractivity contribution in [2.75, 3.05) is 5.73 Å². The first-order valence-corrected chi connectivity index (χ1v) is 6.52. The first-order valence-electron chi connectivity index (χ1n) is 6.00. The van der Waals surface area contributed by atoms with E-state index in [-0.39, 0.29) is 17.1 Å². The van der Waals surface area contributed by atoms with Crippen LogP contribution >= 0.6 is 12.6 Å². The molecule has 6 N–H and O–H groups in total. The lowest BCUT2D eigenvalue weighted by Gasteiger charge is -2.17. The highest BCUT2D eigenvalue weighted by molar-refractivity contribution is 7.80. The van der Waals surface area contributed by atoms with Crippen molar-refractivity contribution in [3.63, 3.8) is 0 Å². The standard InChI is InChI=1S/C10H13N5O5S/c11-10-13-6-2(7(18)14-10)12-1-15(6)8-4(17)3(16)5(20-8)9(19)21/h1,3-5,8-9,16-17,19,21H,(H3,11,13,14,18). The minimum absolute atomic E-state index is 0.0179. The number of nitrogens with zero attached hydrogens (tertiary/aromatic N) is 3. The lowest BCUT2D eigenvalue weighted by atomic mass is 10.1. The highest BCUT2D eigenvalue weighted by atomic mass is 32.1. The Kier molecular flexibility index (Phi) is 3.37. The van der Waals surface area contributed by atoms with Gasteiger partial charge in [-0.25, -0.2) is 4.98 Å². The number of nitrogen functional groups attached to an aromatic ring is 1. The van der Waals surface area contributed by atoms with Crippen LogP contribution in [0.1, 0.15) is 6.23 Å². The van der Waals surface area contributed by atoms with E-state index in [2.05, 4.69) is 27.6 Å². The van der Waals surface area contributed by atoms with Gasteiger partial charge in [-0.05, 0) is 0 Å². The van der Waals surface area contributed by atoms with Gasteiger partial charge in [0.25, 0.3) is 5.56 Å². The van der Waals surface area contributed by atoms with Crippen LogP contribution in [0, 0.1) is 0 Å². The summed E-state index contributed by atoms with van der Waals surface area (Å²) in [6, 6.07) is 0. The topological polar surface area (TPSA) is 160 Å². The van der Waals surface area contributed by atoms with E-state index >= 15 is 0 Å². The zero-order chi connectivity index (χ0) is 15.3. The van der Waals surface area contributed by atoms with Gasteiger partial charge in [-0.15, -0.1) is 12.6 Å². The van der Waals surface area contributed by atoms with Gasteiger partial charge in [-0.1, -0.05) is 0 Å². The Labute approximate surface area is 122 Å². The molecule has 3 rings (SSSR count). The fourth-order valence-corrected chi connectivity index (χ4v) is 2.54. The first-order chi connectivity index (χ1) is 9.90. The molecule has 0 bridgehead atoms. The number of nitrogens with one attached hydrogen (secondary N) is 1. The van der Waals surface area contributed by atoms with E-state index in [0.717, 1.165) is 0 Å². The Hall–Kier alpha value is -1.66. The Morgan fingerprint density at radius 2 is 2.19 bits per heavy atom. The maximum absolute atomic E-state index is 11.7. The molecule has 2 aromatic heterocycles. The third kappa shape index (κ3) is 2.18. The number of ether oxygens (including phenoxy) is 1. The van der Waals surface area contributed by atoms with E-state index in [4.69, 9.17) is 10.5 Å². The second-order valence-corrected chi connectivity index (χ2v) is 5.19. The van der Waals surface area contributed by atoms with Crippen molar-refractivity contribution in [2.45, 2.75) is 30.0 Å². The largest absolute Gasteiger partial charge is 0.387 e. The highest BCUT2D eigenvalue weighted by Crippen LogP contribution is 2.33. The molecule has 0 saturated carbocycles. The minimum Gasteiger partial charge on any atom is -0.387 e. The quantitative estimate of drug-likeness (QED) is 0.263. The molecule has 21 heavy (non-hydrogen) atoms. The fraction of sp³-hybridized carbons (Fsp3) is 0.500. The summed E-state index contributed by atoms with van der Waals surface area (Å²) in [7, 11) is 0. The average Bonchev–Trinajstić information content (AvgIpc) is 2.93. The van der Waals surface area contributed by atoms with E-state index < -0.39 is 35.5 Å². The molecule has 0 spiro atoms. The van der Waals surface area contributed by atoms with Crippen molar-refractivity contribution in [2.24, 2.45) is 0 Å². The van der Waals surface area contributed by atoms with Crippen LogP contribution in [0.25, 0.3) is 11.2 Å². The van der Waals surface area contributed by atoms with E-state index in [0.29, 0.717) is 0 Å². The molecule has 2 aromatic rings. The summed E-state index contributed by atoms with van der Waals surface area (Å²) in [5.41, 5.74) is 3.78. The first kappa shape index (κ1) is 14.3. The van der Waals surface area contributed by atoms with Gasteiger partial charge in [0.05, 0.1) is 6.33 Å². The van der Waals surface area contributed by atoms with Crippen molar-refractivity contribution in [3.8, 4) is 0 Å². The molecule has 3 heterocycles. The number of aliphatic hydroxyl groups is 3. The molecule has 11 heteroatoms. The maximum Gasteiger partial charge on any atom is 0.280 e. The SMILES string of the molecule is Nc1nc2c(ncn2C2OC(C(O)S)C(O)C2O)c(=O)[nH]1. The number of hydrogen-bond acceptors (Lipinski definition) is 9. The summed E-state index contributed by atoms with van der Waals surface area (Å²) in [5, 5.41) is 29.3. The van der Waals surface area contributed by atoms with Gasteiger partial charge < -0.3 is 25.8 Å². The Balaban J connectivity index is 2.07. The number of aliphatic hydroxyl groups excluding tert-OH is 3. The number of aromatic amines is 1. The van der Waals surface area contributed by atoms with Crippen LogP contribution in [0.2, 0.25) is 0 Å². The van der Waals surface area contributed by atoms with Crippen LogP contribution in [-0.4, -0.2) is 58.6 Å². The molecule has 0 amide bonds. The van der Waals surface area contributed by atoms with Crippen molar-refractivity contribution in [3.05, 3.63) is 16.7 Å². The number of rotatable bonds is 2. The van der Waals surface area contributed by atoms with E-state index in [9.17, 15) is 20.1 Å². The van der Waals surface area contributed by atoms with Crippen LogP contribution < -0.4 is 11.3 Å². The van der Waals surface area contributed by atoms with Gasteiger partial charge in [0.15, 0.2) is 17.4 Å². The predicted molar refractivity (Wildman–Crippen MR) is 73.5 cm³/mol. The van der Waals surface area contributed by atoms with Crippen LogP contribution in [0.3, 0.4) is 0 Å². The molecule has 1 fully saturated rings. The highest BCUT2D eigenvalue weighted by Gasteiger charge is 2.46. The number of H-pyrrole nitrogens is 1. The van der Waals surface area contributed by atoms with Crippen molar-refractivity contribution < 1.29 is 20.1 Å². The maximum atomic E-state index is 11.7. The Bertz CT molecular complexity index is 730. The van der Waals surface area contributed by atoms with Crippen LogP contribution in [0.15, 0.2) is 11.1 Å². The zero-order valence-electron chi connectivity index (χ0n) is 10.5. The number of hydrogen-bond donors (Lipinski definition) is 6. The van der Waals surface area contributed by atoms with Crippen molar-refractivity contribution >= 4 is 29.7 Å². The summed E-state index contributed by atoms with van der Waals surface area (Å²) in [6.45, 7) is 0. The molecule has 1 aliphatic rings. The molecule has 0 aliphatic carbocycles. The molecule has 1 saturated heterocycles. The smallest absolute Gasteiger partial charge is 0.280 e. The molecule has 5 unspecified atom stereocenters. The van der Waals surface area contributed by atoms with Gasteiger partial charge in [-0.2, -0.15) is 4.98 Å². The number of fused-ring (bicyclic) bond motifs is 1. The Morgan fingerprint density at radius 3 is 2.81 bits per heavy atom. The number of thiol groups is 1. The zero-order valence-corrected chi connectivity index (χ0v) is 11.4. The van der Waals surface area contributed by atoms with E-state index in [1.807, 2.05) is 0 Å². The van der Waals surface area contributed by atoms with Gasteiger partial charge in [0.2, 0.25) is 5.95 Å². The third-order valence-electron chi connectivity index (χ3n) is 3.29. The molecule has 10 nitrogen and oxygen atoms in total. The van der Waals surface area contributed by atoms with Crippen molar-refractivity contribution in [1.82, 2.24) is 19.5 Å². The second-order valence-electron chi connectivity index (χ2n) is 4.66. The molecule has 114 valence electrons. The average molecular weight is 315 g/mol. The molecular formula is C10H13N5O5S. The van der Waals surface area contributed by atoms with Crippen molar-refractivity contribution in [1.29, 1.82) is 0 Å². The summed E-state index contributed by atoms with van der Waals surface area (Å²) in [5.74, 6) is -0.118. The Morgan fingerprint density at radius 1 is 1.48 bits per heavy atom. The monoisotopic (exact) mass is 315 g/mol. The lowest BCUT2D eigenvalue weighted by molar-refractivity contribution is -0.0590. The third-order valence-corrected chi connectivity index (χ3v) is 3.59. The van der Waals surface area contributed by atoms with E-state index in [1.165, 1.54) is 10.9 Å². The summed E-state index contributed by atoms with van der Waals surface area (Å²) >= 11 is 3.78. The number of nitrogens with two attached hydrogens (primary N) is 1. The van der Waals surface area contributed by atoms with Crippen LogP contribution in [0.5, 0.6) is 0 Å². The fourth-order valence-electron chi connectivity index (χ4n) is 2.29. The molecule has 0 aromatic carbocycles. The lowest BCUT2D eigenvalue weighted by Crippen LogP contribution is -2.36. The summed E-state index contributed by atoms with van der Waals surface area (Å²) in [4.78, 5) is 21.8. The molecule has 1 aliphatic heterocycles. The number of anilines is 1. The number of imidazole rings is 1. The predicted octanol–water partition coefficient (Wildman–Crippen LogP) is -2.43. The summed E-state index contributed by atoms with van der Waals surface area (Å²) in [6.07, 6.45) is -3.63.